The van der Waals surface area contributed by atoms with Crippen molar-refractivity contribution in [3.8, 4) is 6.07 Å². The number of aromatic nitrogens is 3. The number of aryl methyl sites for hydroxylation is 3. The molecular formula is C29H30N4O2. The van der Waals surface area contributed by atoms with Crippen molar-refractivity contribution in [1.29, 1.82) is 5.26 Å². The summed E-state index contributed by atoms with van der Waals surface area (Å²) in [6.45, 7) is 8.81. The molecule has 178 valence electrons. The molecule has 0 amide bonds. The van der Waals surface area contributed by atoms with Gasteiger partial charge in [0.15, 0.2) is 11.6 Å². The van der Waals surface area contributed by atoms with Gasteiger partial charge in [-0.2, -0.15) is 5.26 Å². The Hall–Kier alpha value is -3.98. The van der Waals surface area contributed by atoms with Crippen LogP contribution in [0, 0.1) is 31.1 Å². The molecule has 35 heavy (non-hydrogen) atoms. The molecule has 2 heterocycles. The second-order valence-corrected chi connectivity index (χ2v) is 8.71. The van der Waals surface area contributed by atoms with E-state index in [0.717, 1.165) is 51.4 Å². The summed E-state index contributed by atoms with van der Waals surface area (Å²) in [5.41, 5.74) is 6.85. The van der Waals surface area contributed by atoms with E-state index in [1.165, 1.54) is 0 Å². The summed E-state index contributed by atoms with van der Waals surface area (Å²) in [6.07, 6.45) is 0.812. The second kappa shape index (κ2) is 10.5. The third-order valence-electron chi connectivity index (χ3n) is 6.27. The van der Waals surface area contributed by atoms with Gasteiger partial charge in [-0.05, 0) is 49.1 Å². The van der Waals surface area contributed by atoms with Crippen molar-refractivity contribution in [1.82, 2.24) is 14.5 Å². The molecule has 0 aliphatic heterocycles. The Morgan fingerprint density at radius 3 is 2.34 bits per heavy atom. The molecule has 0 bridgehead atoms. The van der Waals surface area contributed by atoms with Crippen LogP contribution in [0.25, 0.3) is 11.2 Å². The van der Waals surface area contributed by atoms with Gasteiger partial charge in [-0.15, -0.1) is 0 Å². The number of hydrogen-bond acceptors (Lipinski definition) is 5. The molecule has 6 nitrogen and oxygen atoms in total. The summed E-state index contributed by atoms with van der Waals surface area (Å²) < 4.78 is 7.40. The van der Waals surface area contributed by atoms with Crippen molar-refractivity contribution < 1.29 is 9.53 Å². The summed E-state index contributed by atoms with van der Waals surface area (Å²) >= 11 is 0. The molecule has 2 atom stereocenters. The smallest absolute Gasteiger partial charge is 0.324 e. The van der Waals surface area contributed by atoms with Crippen LogP contribution < -0.4 is 0 Å². The molecule has 0 N–H and O–H groups in total. The molecule has 4 rings (SSSR count). The van der Waals surface area contributed by atoms with Crippen molar-refractivity contribution >= 4 is 17.1 Å². The van der Waals surface area contributed by atoms with Crippen LogP contribution in [-0.2, 0) is 22.5 Å². The number of imidazole rings is 1. The lowest BCUT2D eigenvalue weighted by atomic mass is 9.81. The molecule has 0 aliphatic carbocycles. The lowest BCUT2D eigenvalue weighted by molar-refractivity contribution is -0.146. The highest BCUT2D eigenvalue weighted by molar-refractivity contribution is 5.78. The Morgan fingerprint density at radius 2 is 1.71 bits per heavy atom. The van der Waals surface area contributed by atoms with Crippen LogP contribution in [0.2, 0.25) is 0 Å². The molecular weight excluding hydrogens is 436 g/mol. The van der Waals surface area contributed by atoms with Crippen molar-refractivity contribution in [3.63, 3.8) is 0 Å². The first-order valence-corrected chi connectivity index (χ1v) is 12.0. The molecule has 0 aliphatic rings. The Balaban J connectivity index is 1.70. The standard InChI is InChI=1S/C29H30N4O2/c1-5-25-32-27-19(3)16-20(4)31-28(27)33(25)18-21-12-14-23(15-13-21)26(22-10-8-7-9-11-22)24(17-30)29(34)35-6-2/h7-16,24,26H,5-6,18H2,1-4H3. The van der Waals surface area contributed by atoms with E-state index >= 15 is 0 Å². The van der Waals surface area contributed by atoms with Gasteiger partial charge >= 0.3 is 5.97 Å². The van der Waals surface area contributed by atoms with Gasteiger partial charge in [-0.25, -0.2) is 9.97 Å². The number of carbonyl (C=O) groups excluding carboxylic acids is 1. The number of fused-ring (bicyclic) bond motifs is 1. The van der Waals surface area contributed by atoms with Gasteiger partial charge in [0.2, 0.25) is 0 Å². The minimum atomic E-state index is -0.928. The van der Waals surface area contributed by atoms with Crippen LogP contribution in [0.3, 0.4) is 0 Å². The van der Waals surface area contributed by atoms with Gasteiger partial charge in [0.25, 0.3) is 0 Å². The lowest BCUT2D eigenvalue weighted by Gasteiger charge is -2.22. The first-order valence-electron chi connectivity index (χ1n) is 12.0. The van der Waals surface area contributed by atoms with Crippen molar-refractivity contribution in [2.45, 2.75) is 46.6 Å². The number of nitriles is 1. The Labute approximate surface area is 206 Å². The van der Waals surface area contributed by atoms with Gasteiger partial charge in [0.05, 0.1) is 19.2 Å². The highest BCUT2D eigenvalue weighted by Gasteiger charge is 2.32. The molecule has 0 saturated heterocycles. The van der Waals surface area contributed by atoms with E-state index in [4.69, 9.17) is 14.7 Å². The summed E-state index contributed by atoms with van der Waals surface area (Å²) in [6, 6.07) is 22.0. The predicted molar refractivity (Wildman–Crippen MR) is 136 cm³/mol. The SMILES string of the molecule is CCOC(=O)C(C#N)C(c1ccccc1)c1ccc(Cn2c(CC)nc3c(C)cc(C)nc32)cc1. The number of benzene rings is 2. The van der Waals surface area contributed by atoms with Crippen molar-refractivity contribution in [2.24, 2.45) is 5.92 Å². The first-order chi connectivity index (χ1) is 17.0. The number of rotatable bonds is 8. The zero-order chi connectivity index (χ0) is 24.9. The lowest BCUT2D eigenvalue weighted by Crippen LogP contribution is -2.24. The molecule has 0 radical (unpaired) electrons. The Morgan fingerprint density at radius 1 is 1.03 bits per heavy atom. The highest BCUT2D eigenvalue weighted by atomic mass is 16.5. The normalized spacial score (nSPS) is 12.8. The monoisotopic (exact) mass is 466 g/mol. The van der Waals surface area contributed by atoms with Crippen LogP contribution in [0.5, 0.6) is 0 Å². The number of hydrogen-bond donors (Lipinski definition) is 0. The van der Waals surface area contributed by atoms with Gasteiger partial charge in [-0.3, -0.25) is 4.79 Å². The number of ether oxygens (including phenoxy) is 1. The molecule has 0 spiro atoms. The molecule has 0 fully saturated rings. The van der Waals surface area contributed by atoms with Gasteiger partial charge in [-0.1, -0.05) is 61.5 Å². The zero-order valence-electron chi connectivity index (χ0n) is 20.7. The largest absolute Gasteiger partial charge is 0.465 e. The number of carbonyl (C=O) groups is 1. The van der Waals surface area contributed by atoms with E-state index in [0.29, 0.717) is 6.54 Å². The maximum atomic E-state index is 12.6. The van der Waals surface area contributed by atoms with Gasteiger partial charge in [0, 0.05) is 18.0 Å². The predicted octanol–water partition coefficient (Wildman–Crippen LogP) is 5.49. The Bertz CT molecular complexity index is 1370. The van der Waals surface area contributed by atoms with Crippen LogP contribution >= 0.6 is 0 Å². The summed E-state index contributed by atoms with van der Waals surface area (Å²) in [4.78, 5) is 22.2. The number of esters is 1. The summed E-state index contributed by atoms with van der Waals surface area (Å²) in [5, 5.41) is 9.88. The van der Waals surface area contributed by atoms with Crippen LogP contribution in [0.15, 0.2) is 60.7 Å². The molecule has 2 aromatic carbocycles. The van der Waals surface area contributed by atoms with Gasteiger partial charge in [0.1, 0.15) is 11.3 Å². The van der Waals surface area contributed by atoms with Gasteiger partial charge < -0.3 is 9.30 Å². The average molecular weight is 467 g/mol. The molecule has 6 heteroatoms. The molecule has 0 saturated carbocycles. The molecule has 2 unspecified atom stereocenters. The Kier molecular flexibility index (Phi) is 7.26. The summed E-state index contributed by atoms with van der Waals surface area (Å²) in [7, 11) is 0. The summed E-state index contributed by atoms with van der Waals surface area (Å²) in [5.74, 6) is -0.842. The van der Waals surface area contributed by atoms with Crippen LogP contribution in [0.4, 0.5) is 0 Å². The van der Waals surface area contributed by atoms with E-state index in [2.05, 4.69) is 42.7 Å². The van der Waals surface area contributed by atoms with Crippen molar-refractivity contribution in [3.05, 3.63) is 94.4 Å². The maximum absolute atomic E-state index is 12.6. The zero-order valence-corrected chi connectivity index (χ0v) is 20.7. The van der Waals surface area contributed by atoms with E-state index < -0.39 is 17.8 Å². The number of nitrogens with zero attached hydrogens (tertiary/aromatic N) is 4. The third-order valence-corrected chi connectivity index (χ3v) is 6.27. The van der Waals surface area contributed by atoms with Crippen molar-refractivity contribution in [2.75, 3.05) is 6.61 Å². The third kappa shape index (κ3) is 4.95. The topological polar surface area (TPSA) is 80.8 Å². The van der Waals surface area contributed by atoms with E-state index in [1.54, 1.807) is 6.92 Å². The average Bonchev–Trinajstić information content (AvgIpc) is 3.21. The first kappa shape index (κ1) is 24.2. The maximum Gasteiger partial charge on any atom is 0.324 e. The fraction of sp³-hybridized carbons (Fsp3) is 0.310. The minimum absolute atomic E-state index is 0.239. The van der Waals surface area contributed by atoms with Crippen LogP contribution in [-0.4, -0.2) is 27.1 Å². The quantitative estimate of drug-likeness (QED) is 0.321. The van der Waals surface area contributed by atoms with E-state index in [1.807, 2.05) is 49.4 Å². The highest BCUT2D eigenvalue weighted by Crippen LogP contribution is 2.33. The van der Waals surface area contributed by atoms with E-state index in [9.17, 15) is 10.1 Å². The molecule has 2 aromatic heterocycles. The fourth-order valence-corrected chi connectivity index (χ4v) is 4.63. The second-order valence-electron chi connectivity index (χ2n) is 8.71. The minimum Gasteiger partial charge on any atom is -0.465 e. The molecule has 4 aromatic rings. The van der Waals surface area contributed by atoms with E-state index in [-0.39, 0.29) is 6.61 Å². The van der Waals surface area contributed by atoms with Crippen LogP contribution in [0.1, 0.15) is 53.5 Å². The number of pyridine rings is 1. The fourth-order valence-electron chi connectivity index (χ4n) is 4.63.